The van der Waals surface area contributed by atoms with Gasteiger partial charge < -0.3 is 30.6 Å². The van der Waals surface area contributed by atoms with Gasteiger partial charge in [-0.05, 0) is 13.3 Å². The monoisotopic (exact) mass is 250 g/mol. The zero-order chi connectivity index (χ0) is 13.6. The molecule has 0 radical (unpaired) electrons. The molecule has 0 aromatic rings. The normalized spacial score (nSPS) is 20.8. The average molecular weight is 250 g/mol. The summed E-state index contributed by atoms with van der Waals surface area (Å²) in [6, 6.07) is 0. The largest absolute Gasteiger partial charge is 0.479 e. The lowest BCUT2D eigenvalue weighted by atomic mass is 9.84. The summed E-state index contributed by atoms with van der Waals surface area (Å²) in [5, 5.41) is 55.3. The SMILES string of the molecule is C/C=C/C[C@@](O)([C@H](O)CO)[C@H](O)[C@@H](O)C(=O)O. The van der Waals surface area contributed by atoms with Crippen LogP contribution in [0, 0.1) is 0 Å². The number of carbonyl (C=O) groups is 1. The highest BCUT2D eigenvalue weighted by Crippen LogP contribution is 2.24. The molecule has 0 rings (SSSR count). The molecule has 0 spiro atoms. The van der Waals surface area contributed by atoms with Gasteiger partial charge in [0.1, 0.15) is 17.8 Å². The molecule has 0 saturated carbocycles. The van der Waals surface area contributed by atoms with Gasteiger partial charge in [-0.15, -0.1) is 0 Å². The molecular weight excluding hydrogens is 232 g/mol. The second-order valence-electron chi connectivity index (χ2n) is 3.69. The minimum Gasteiger partial charge on any atom is -0.479 e. The lowest BCUT2D eigenvalue weighted by Gasteiger charge is -2.36. The maximum absolute atomic E-state index is 10.5. The first-order valence-corrected chi connectivity index (χ1v) is 5.02. The molecule has 0 amide bonds. The Morgan fingerprint density at radius 2 is 1.88 bits per heavy atom. The Labute approximate surface area is 98.3 Å². The van der Waals surface area contributed by atoms with E-state index in [1.807, 2.05) is 0 Å². The zero-order valence-corrected chi connectivity index (χ0v) is 9.39. The Morgan fingerprint density at radius 1 is 1.35 bits per heavy atom. The van der Waals surface area contributed by atoms with Gasteiger partial charge in [-0.25, -0.2) is 4.79 Å². The average Bonchev–Trinajstić information content (AvgIpc) is 2.32. The lowest BCUT2D eigenvalue weighted by molar-refractivity contribution is -0.194. The molecule has 0 aromatic carbocycles. The fourth-order valence-corrected chi connectivity index (χ4v) is 1.33. The van der Waals surface area contributed by atoms with Gasteiger partial charge in [0.15, 0.2) is 6.10 Å². The van der Waals surface area contributed by atoms with E-state index in [2.05, 4.69) is 0 Å². The molecule has 0 bridgehead atoms. The van der Waals surface area contributed by atoms with Crippen molar-refractivity contribution >= 4 is 5.97 Å². The van der Waals surface area contributed by atoms with E-state index in [1.54, 1.807) is 6.92 Å². The Kier molecular flexibility index (Phi) is 6.29. The third-order valence-corrected chi connectivity index (χ3v) is 2.49. The number of aliphatic hydroxyl groups excluding tert-OH is 4. The van der Waals surface area contributed by atoms with Gasteiger partial charge >= 0.3 is 5.97 Å². The molecular formula is C10H18O7. The number of hydrogen-bond acceptors (Lipinski definition) is 6. The number of aliphatic carboxylic acids is 1. The van der Waals surface area contributed by atoms with E-state index in [4.69, 9.17) is 15.3 Å². The quantitative estimate of drug-likeness (QED) is 0.283. The number of aliphatic hydroxyl groups is 5. The Morgan fingerprint density at radius 3 is 2.24 bits per heavy atom. The molecule has 0 aromatic heterocycles. The Hall–Kier alpha value is -0.990. The molecule has 0 unspecified atom stereocenters. The van der Waals surface area contributed by atoms with E-state index in [9.17, 15) is 20.1 Å². The predicted molar refractivity (Wildman–Crippen MR) is 57.1 cm³/mol. The molecule has 0 aliphatic rings. The number of allylic oxidation sites excluding steroid dienone is 1. The summed E-state index contributed by atoms with van der Waals surface area (Å²) >= 11 is 0. The first-order chi connectivity index (χ1) is 7.81. The van der Waals surface area contributed by atoms with Gasteiger partial charge in [-0.1, -0.05) is 12.2 Å². The fourth-order valence-electron chi connectivity index (χ4n) is 1.33. The molecule has 0 aliphatic carbocycles. The summed E-state index contributed by atoms with van der Waals surface area (Å²) in [6.45, 7) is 0.739. The van der Waals surface area contributed by atoms with Crippen LogP contribution in [-0.4, -0.2) is 67.1 Å². The van der Waals surface area contributed by atoms with Crippen LogP contribution in [0.3, 0.4) is 0 Å². The molecule has 0 fully saturated rings. The minimum absolute atomic E-state index is 0.309. The highest BCUT2D eigenvalue weighted by molar-refractivity contribution is 5.73. The maximum atomic E-state index is 10.5. The van der Waals surface area contributed by atoms with Crippen LogP contribution in [0.1, 0.15) is 13.3 Å². The van der Waals surface area contributed by atoms with Crippen molar-refractivity contribution in [3.8, 4) is 0 Å². The summed E-state index contributed by atoms with van der Waals surface area (Å²) in [5.74, 6) is -1.73. The van der Waals surface area contributed by atoms with Crippen molar-refractivity contribution in [2.75, 3.05) is 6.61 Å². The lowest BCUT2D eigenvalue weighted by Crippen LogP contribution is -2.59. The molecule has 7 nitrogen and oxygen atoms in total. The number of carboxylic acid groups (broad SMARTS) is 1. The molecule has 17 heavy (non-hydrogen) atoms. The molecule has 100 valence electrons. The van der Waals surface area contributed by atoms with Crippen LogP contribution < -0.4 is 0 Å². The van der Waals surface area contributed by atoms with E-state index in [0.717, 1.165) is 0 Å². The van der Waals surface area contributed by atoms with Crippen molar-refractivity contribution in [3.05, 3.63) is 12.2 Å². The van der Waals surface area contributed by atoms with E-state index in [-0.39, 0.29) is 6.42 Å². The van der Waals surface area contributed by atoms with Gasteiger partial charge in [-0.3, -0.25) is 0 Å². The van der Waals surface area contributed by atoms with Crippen molar-refractivity contribution < 1.29 is 35.4 Å². The first-order valence-electron chi connectivity index (χ1n) is 5.02. The highest BCUT2D eigenvalue weighted by Gasteiger charge is 2.47. The molecule has 0 saturated heterocycles. The molecule has 6 N–H and O–H groups in total. The number of rotatable bonds is 7. The van der Waals surface area contributed by atoms with Gasteiger partial charge in [0.25, 0.3) is 0 Å². The number of hydrogen-bond donors (Lipinski definition) is 6. The minimum atomic E-state index is -2.33. The third-order valence-electron chi connectivity index (χ3n) is 2.49. The standard InChI is InChI=1S/C10H18O7/c1-2-3-4-10(17,6(12)5-11)8(14)7(13)9(15)16/h2-3,6-8,11-14,17H,4-5H2,1H3,(H,15,16)/b3-2+/t6-,7-,8-,10-/m1/s1. The van der Waals surface area contributed by atoms with Crippen LogP contribution in [-0.2, 0) is 4.79 Å². The van der Waals surface area contributed by atoms with Gasteiger partial charge in [0.05, 0.1) is 6.61 Å². The molecule has 0 aliphatic heterocycles. The second kappa shape index (κ2) is 6.67. The topological polar surface area (TPSA) is 138 Å². The second-order valence-corrected chi connectivity index (χ2v) is 3.69. The van der Waals surface area contributed by atoms with E-state index in [0.29, 0.717) is 0 Å². The summed E-state index contributed by atoms with van der Waals surface area (Å²) in [6.07, 6.45) is -3.59. The van der Waals surface area contributed by atoms with Crippen LogP contribution >= 0.6 is 0 Å². The summed E-state index contributed by atoms with van der Waals surface area (Å²) in [4.78, 5) is 10.5. The van der Waals surface area contributed by atoms with E-state index < -0.39 is 36.5 Å². The third kappa shape index (κ3) is 3.76. The van der Waals surface area contributed by atoms with Crippen LogP contribution in [0.2, 0.25) is 0 Å². The van der Waals surface area contributed by atoms with Crippen LogP contribution in [0.25, 0.3) is 0 Å². The Balaban J connectivity index is 5.08. The Bertz CT molecular complexity index is 278. The van der Waals surface area contributed by atoms with Gasteiger partial charge in [-0.2, -0.15) is 0 Å². The van der Waals surface area contributed by atoms with Crippen molar-refractivity contribution in [2.45, 2.75) is 37.3 Å². The molecule has 0 heterocycles. The van der Waals surface area contributed by atoms with Gasteiger partial charge in [0, 0.05) is 0 Å². The van der Waals surface area contributed by atoms with Crippen molar-refractivity contribution in [1.82, 2.24) is 0 Å². The van der Waals surface area contributed by atoms with Crippen molar-refractivity contribution in [2.24, 2.45) is 0 Å². The van der Waals surface area contributed by atoms with Crippen LogP contribution in [0.15, 0.2) is 12.2 Å². The van der Waals surface area contributed by atoms with E-state index >= 15 is 0 Å². The smallest absolute Gasteiger partial charge is 0.335 e. The first kappa shape index (κ1) is 16.0. The summed E-state index contributed by atoms with van der Waals surface area (Å²) in [5.41, 5.74) is -2.33. The van der Waals surface area contributed by atoms with Crippen molar-refractivity contribution in [3.63, 3.8) is 0 Å². The van der Waals surface area contributed by atoms with Crippen LogP contribution in [0.5, 0.6) is 0 Å². The summed E-state index contributed by atoms with van der Waals surface area (Å²) in [7, 11) is 0. The molecule has 4 atom stereocenters. The molecule has 7 heteroatoms. The van der Waals surface area contributed by atoms with Gasteiger partial charge in [0.2, 0.25) is 0 Å². The highest BCUT2D eigenvalue weighted by atomic mass is 16.4. The predicted octanol–water partition coefficient (Wildman–Crippen LogP) is -2.16. The number of carboxylic acids is 1. The van der Waals surface area contributed by atoms with Crippen molar-refractivity contribution in [1.29, 1.82) is 0 Å². The van der Waals surface area contributed by atoms with E-state index in [1.165, 1.54) is 12.2 Å². The summed E-state index contributed by atoms with van der Waals surface area (Å²) < 4.78 is 0. The zero-order valence-electron chi connectivity index (χ0n) is 9.39. The fraction of sp³-hybridized carbons (Fsp3) is 0.700. The van der Waals surface area contributed by atoms with Crippen LogP contribution in [0.4, 0.5) is 0 Å². The maximum Gasteiger partial charge on any atom is 0.335 e.